The van der Waals surface area contributed by atoms with Crippen LogP contribution < -0.4 is 0 Å². The summed E-state index contributed by atoms with van der Waals surface area (Å²) in [6.07, 6.45) is 0.878. The van der Waals surface area contributed by atoms with E-state index in [9.17, 15) is 5.11 Å². The molecule has 2 heteroatoms. The zero-order valence-electron chi connectivity index (χ0n) is 9.58. The van der Waals surface area contributed by atoms with Crippen LogP contribution in [0.2, 0.25) is 0 Å². The summed E-state index contributed by atoms with van der Waals surface area (Å²) in [7, 11) is 0. The lowest BCUT2D eigenvalue weighted by Crippen LogP contribution is -2.32. The predicted octanol–water partition coefficient (Wildman–Crippen LogP) is 3.02. The molecule has 1 aliphatic heterocycles. The number of hydrogen-bond acceptors (Lipinski definition) is 2. The van der Waals surface area contributed by atoms with Gasteiger partial charge in [0.1, 0.15) is 5.60 Å². The van der Waals surface area contributed by atoms with Crippen LogP contribution in [0.1, 0.15) is 30.0 Å². The Hall–Kier alpha value is -0.470. The average Bonchev–Trinajstić information content (AvgIpc) is 2.53. The molecule has 1 aromatic carbocycles. The van der Waals surface area contributed by atoms with Gasteiger partial charge in [-0.05, 0) is 42.7 Å². The molecule has 0 saturated carbocycles. The van der Waals surface area contributed by atoms with Gasteiger partial charge >= 0.3 is 0 Å². The van der Waals surface area contributed by atoms with Crippen LogP contribution in [0.5, 0.6) is 0 Å². The molecule has 1 heterocycles. The van der Waals surface area contributed by atoms with Crippen molar-refractivity contribution in [3.05, 3.63) is 34.9 Å². The number of rotatable bonds is 1. The van der Waals surface area contributed by atoms with Crippen LogP contribution >= 0.6 is 11.8 Å². The molecule has 2 rings (SSSR count). The van der Waals surface area contributed by atoms with E-state index in [0.29, 0.717) is 5.25 Å². The molecule has 0 radical (unpaired) electrons. The maximum absolute atomic E-state index is 10.7. The predicted molar refractivity (Wildman–Crippen MR) is 66.3 cm³/mol. The van der Waals surface area contributed by atoms with Crippen molar-refractivity contribution < 1.29 is 5.11 Å². The second-order valence-corrected chi connectivity index (χ2v) is 5.88. The van der Waals surface area contributed by atoms with Crippen LogP contribution in [0.15, 0.2) is 18.2 Å². The molecule has 0 bridgehead atoms. The summed E-state index contributed by atoms with van der Waals surface area (Å²) in [5.74, 6) is 1.06. The monoisotopic (exact) mass is 222 g/mol. The van der Waals surface area contributed by atoms with E-state index in [1.807, 2.05) is 17.8 Å². The smallest absolute Gasteiger partial charge is 0.102 e. The van der Waals surface area contributed by atoms with E-state index in [-0.39, 0.29) is 0 Å². The minimum absolute atomic E-state index is 0.304. The fourth-order valence-electron chi connectivity index (χ4n) is 2.31. The van der Waals surface area contributed by atoms with Gasteiger partial charge < -0.3 is 5.11 Å². The fourth-order valence-corrected chi connectivity index (χ4v) is 3.61. The molecule has 0 aromatic heterocycles. The van der Waals surface area contributed by atoms with Gasteiger partial charge in [0.05, 0.1) is 0 Å². The van der Waals surface area contributed by atoms with Crippen LogP contribution in [0.25, 0.3) is 0 Å². The first-order valence-electron chi connectivity index (χ1n) is 5.46. The maximum Gasteiger partial charge on any atom is 0.102 e. The minimum atomic E-state index is -0.610. The second-order valence-electron chi connectivity index (χ2n) is 4.43. The number of hydrogen-bond donors (Lipinski definition) is 1. The first-order chi connectivity index (χ1) is 7.05. The zero-order valence-corrected chi connectivity index (χ0v) is 10.4. The molecular weight excluding hydrogens is 204 g/mol. The Bertz CT molecular complexity index is 375. The number of benzene rings is 1. The van der Waals surface area contributed by atoms with Crippen LogP contribution in [-0.4, -0.2) is 16.1 Å². The van der Waals surface area contributed by atoms with Gasteiger partial charge in [0.2, 0.25) is 0 Å². The van der Waals surface area contributed by atoms with Crippen molar-refractivity contribution in [1.82, 2.24) is 0 Å². The Balaban J connectivity index is 2.49. The van der Waals surface area contributed by atoms with Gasteiger partial charge in [-0.25, -0.2) is 0 Å². The lowest BCUT2D eigenvalue weighted by Gasteiger charge is -2.29. The lowest BCUT2D eigenvalue weighted by molar-refractivity contribution is 0.0420. The van der Waals surface area contributed by atoms with Gasteiger partial charge in [0, 0.05) is 5.25 Å². The van der Waals surface area contributed by atoms with Gasteiger partial charge in [-0.2, -0.15) is 11.8 Å². The van der Waals surface area contributed by atoms with E-state index in [2.05, 4.69) is 32.9 Å². The zero-order chi connectivity index (χ0) is 11.1. The van der Waals surface area contributed by atoms with Gasteiger partial charge in [-0.1, -0.05) is 25.1 Å². The van der Waals surface area contributed by atoms with Crippen molar-refractivity contribution in [2.24, 2.45) is 0 Å². The summed E-state index contributed by atoms with van der Waals surface area (Å²) in [5.41, 5.74) is 3.03. The third kappa shape index (κ3) is 1.70. The van der Waals surface area contributed by atoms with Crippen molar-refractivity contribution in [3.63, 3.8) is 0 Å². The van der Waals surface area contributed by atoms with E-state index >= 15 is 0 Å². The van der Waals surface area contributed by atoms with Crippen molar-refractivity contribution in [2.75, 3.05) is 5.75 Å². The van der Waals surface area contributed by atoms with Gasteiger partial charge in [0.25, 0.3) is 0 Å². The van der Waals surface area contributed by atoms with Crippen molar-refractivity contribution >= 4 is 11.8 Å². The van der Waals surface area contributed by atoms with E-state index in [1.165, 1.54) is 11.1 Å². The Labute approximate surface area is 95.9 Å². The highest BCUT2D eigenvalue weighted by Gasteiger charge is 2.41. The highest BCUT2D eigenvalue weighted by Crippen LogP contribution is 2.44. The Morgan fingerprint density at radius 3 is 2.73 bits per heavy atom. The molecule has 2 atom stereocenters. The molecule has 15 heavy (non-hydrogen) atoms. The third-order valence-corrected chi connectivity index (χ3v) is 4.92. The molecule has 0 aliphatic carbocycles. The maximum atomic E-state index is 10.7. The summed E-state index contributed by atoms with van der Waals surface area (Å²) >= 11 is 1.86. The SMILES string of the molecule is Cc1cccc(C2(O)CCSC2C)c1C. The molecule has 1 fully saturated rings. The molecule has 82 valence electrons. The molecule has 1 saturated heterocycles. The first kappa shape index (κ1) is 11.0. The van der Waals surface area contributed by atoms with E-state index < -0.39 is 5.60 Å². The molecule has 0 spiro atoms. The summed E-state index contributed by atoms with van der Waals surface area (Å²) in [6, 6.07) is 6.23. The number of aliphatic hydroxyl groups is 1. The number of thioether (sulfide) groups is 1. The third-order valence-electron chi connectivity index (χ3n) is 3.59. The van der Waals surface area contributed by atoms with Crippen molar-refractivity contribution in [1.29, 1.82) is 0 Å². The highest BCUT2D eigenvalue weighted by atomic mass is 32.2. The fraction of sp³-hybridized carbons (Fsp3) is 0.538. The Kier molecular flexibility index (Phi) is 2.82. The Morgan fingerprint density at radius 1 is 1.40 bits per heavy atom. The van der Waals surface area contributed by atoms with Crippen molar-refractivity contribution in [3.8, 4) is 0 Å². The minimum Gasteiger partial charge on any atom is -0.384 e. The molecule has 1 nitrogen and oxygen atoms in total. The number of aryl methyl sites for hydroxylation is 1. The molecule has 1 N–H and O–H groups in total. The summed E-state index contributed by atoms with van der Waals surface area (Å²) < 4.78 is 0. The largest absolute Gasteiger partial charge is 0.384 e. The summed E-state index contributed by atoms with van der Waals surface area (Å²) in [5, 5.41) is 11.0. The summed E-state index contributed by atoms with van der Waals surface area (Å²) in [4.78, 5) is 0. The molecule has 1 aromatic rings. The average molecular weight is 222 g/mol. The lowest BCUT2D eigenvalue weighted by atomic mass is 9.84. The first-order valence-corrected chi connectivity index (χ1v) is 6.51. The molecular formula is C13H18OS. The molecule has 2 unspecified atom stereocenters. The Morgan fingerprint density at radius 2 is 2.13 bits per heavy atom. The summed E-state index contributed by atoms with van der Waals surface area (Å²) in [6.45, 7) is 6.34. The highest BCUT2D eigenvalue weighted by molar-refractivity contribution is 8.00. The standard InChI is InChI=1S/C13H18OS/c1-9-5-4-6-12(10(9)2)13(14)7-8-15-11(13)3/h4-6,11,14H,7-8H2,1-3H3. The molecule has 0 amide bonds. The van der Waals surface area contributed by atoms with E-state index in [4.69, 9.17) is 0 Å². The van der Waals surface area contributed by atoms with Gasteiger partial charge in [-0.3, -0.25) is 0 Å². The molecule has 1 aliphatic rings. The van der Waals surface area contributed by atoms with Gasteiger partial charge in [-0.15, -0.1) is 0 Å². The van der Waals surface area contributed by atoms with Crippen LogP contribution in [-0.2, 0) is 5.60 Å². The van der Waals surface area contributed by atoms with Crippen molar-refractivity contribution in [2.45, 2.75) is 38.0 Å². The normalized spacial score (nSPS) is 30.8. The second kappa shape index (κ2) is 3.84. The van der Waals surface area contributed by atoms with Gasteiger partial charge in [0.15, 0.2) is 0 Å². The topological polar surface area (TPSA) is 20.2 Å². The quantitative estimate of drug-likeness (QED) is 0.788. The van der Waals surface area contributed by atoms with Crippen LogP contribution in [0.4, 0.5) is 0 Å². The van der Waals surface area contributed by atoms with Crippen LogP contribution in [0, 0.1) is 13.8 Å². The van der Waals surface area contributed by atoms with Crippen LogP contribution in [0.3, 0.4) is 0 Å². The van der Waals surface area contributed by atoms with E-state index in [1.54, 1.807) is 0 Å². The van der Waals surface area contributed by atoms with E-state index in [0.717, 1.165) is 17.7 Å².